The second kappa shape index (κ2) is 8.56. The SMILES string of the molecule is ON=C(c1ccncc1)c1ccccc1CCOc1cccc(C(F)(F)F)c1. The lowest BCUT2D eigenvalue weighted by Crippen LogP contribution is -2.10. The summed E-state index contributed by atoms with van der Waals surface area (Å²) < 4.78 is 43.9. The molecule has 2 aromatic carbocycles. The summed E-state index contributed by atoms with van der Waals surface area (Å²) in [6.07, 6.45) is -0.792. The van der Waals surface area contributed by atoms with E-state index in [2.05, 4.69) is 10.1 Å². The van der Waals surface area contributed by atoms with Gasteiger partial charge in [0, 0.05) is 29.9 Å². The Bertz CT molecular complexity index is 957. The van der Waals surface area contributed by atoms with E-state index in [0.717, 1.165) is 17.7 Å². The molecule has 4 nitrogen and oxygen atoms in total. The number of aromatic nitrogens is 1. The lowest BCUT2D eigenvalue weighted by molar-refractivity contribution is -0.137. The van der Waals surface area contributed by atoms with Crippen LogP contribution in [-0.4, -0.2) is 22.5 Å². The first-order valence-electron chi connectivity index (χ1n) is 8.50. The van der Waals surface area contributed by atoms with Gasteiger partial charge in [0.15, 0.2) is 0 Å². The number of hydrogen-bond acceptors (Lipinski definition) is 4. The standard InChI is InChI=1S/C21H17F3N2O2/c22-21(23,24)17-5-3-6-18(14-17)28-13-10-15-4-1-2-7-19(15)20(26-27)16-8-11-25-12-9-16/h1-9,11-12,14,27H,10,13H2. The number of benzene rings is 2. The normalized spacial score (nSPS) is 12.0. The smallest absolute Gasteiger partial charge is 0.416 e. The van der Waals surface area contributed by atoms with Crippen molar-refractivity contribution in [1.29, 1.82) is 0 Å². The zero-order chi connectivity index (χ0) is 20.0. The van der Waals surface area contributed by atoms with Gasteiger partial charge in [-0.05, 0) is 35.9 Å². The van der Waals surface area contributed by atoms with Crippen LogP contribution in [0.3, 0.4) is 0 Å². The van der Waals surface area contributed by atoms with E-state index in [0.29, 0.717) is 23.3 Å². The topological polar surface area (TPSA) is 54.7 Å². The minimum atomic E-state index is -4.41. The van der Waals surface area contributed by atoms with Crippen LogP contribution in [0.5, 0.6) is 5.75 Å². The van der Waals surface area contributed by atoms with Crippen LogP contribution in [0, 0.1) is 0 Å². The first-order valence-corrected chi connectivity index (χ1v) is 8.50. The minimum Gasteiger partial charge on any atom is -0.493 e. The van der Waals surface area contributed by atoms with Crippen LogP contribution in [-0.2, 0) is 12.6 Å². The number of nitrogens with zero attached hydrogens (tertiary/aromatic N) is 2. The summed E-state index contributed by atoms with van der Waals surface area (Å²) >= 11 is 0. The number of ether oxygens (including phenoxy) is 1. The molecule has 0 fully saturated rings. The second-order valence-electron chi connectivity index (χ2n) is 5.97. The van der Waals surface area contributed by atoms with Crippen LogP contribution in [0.25, 0.3) is 0 Å². The number of alkyl halides is 3. The quantitative estimate of drug-likeness (QED) is 0.371. The van der Waals surface area contributed by atoms with Gasteiger partial charge in [0.05, 0.1) is 12.2 Å². The number of hydrogen-bond donors (Lipinski definition) is 1. The van der Waals surface area contributed by atoms with Crippen LogP contribution in [0.4, 0.5) is 13.2 Å². The maximum absolute atomic E-state index is 12.8. The summed E-state index contributed by atoms with van der Waals surface area (Å²) in [5.41, 5.74) is 1.89. The molecule has 0 aliphatic rings. The summed E-state index contributed by atoms with van der Waals surface area (Å²) in [4.78, 5) is 3.95. The average molecular weight is 386 g/mol. The van der Waals surface area contributed by atoms with E-state index in [1.54, 1.807) is 24.5 Å². The first kappa shape index (κ1) is 19.4. The van der Waals surface area contributed by atoms with Crippen molar-refractivity contribution in [2.45, 2.75) is 12.6 Å². The highest BCUT2D eigenvalue weighted by Gasteiger charge is 2.30. The van der Waals surface area contributed by atoms with E-state index in [4.69, 9.17) is 4.74 Å². The highest BCUT2D eigenvalue weighted by Crippen LogP contribution is 2.31. The maximum Gasteiger partial charge on any atom is 0.416 e. The molecule has 1 aromatic heterocycles. The molecule has 0 radical (unpaired) electrons. The third kappa shape index (κ3) is 4.68. The number of rotatable bonds is 6. The van der Waals surface area contributed by atoms with Gasteiger partial charge in [-0.15, -0.1) is 0 Å². The van der Waals surface area contributed by atoms with Crippen molar-refractivity contribution in [3.8, 4) is 5.75 Å². The van der Waals surface area contributed by atoms with Crippen molar-refractivity contribution in [3.05, 3.63) is 95.3 Å². The molecule has 144 valence electrons. The van der Waals surface area contributed by atoms with Crippen LogP contribution in [0.2, 0.25) is 0 Å². The molecule has 0 saturated heterocycles. The van der Waals surface area contributed by atoms with Crippen molar-refractivity contribution >= 4 is 5.71 Å². The molecule has 0 unspecified atom stereocenters. The summed E-state index contributed by atoms with van der Waals surface area (Å²) in [5, 5.41) is 12.9. The molecule has 1 N–H and O–H groups in total. The molecule has 0 amide bonds. The van der Waals surface area contributed by atoms with Crippen LogP contribution >= 0.6 is 0 Å². The minimum absolute atomic E-state index is 0.150. The summed E-state index contributed by atoms with van der Waals surface area (Å²) in [6, 6.07) is 15.6. The van der Waals surface area contributed by atoms with Crippen molar-refractivity contribution in [3.63, 3.8) is 0 Å². The Morgan fingerprint density at radius 2 is 1.75 bits per heavy atom. The highest BCUT2D eigenvalue weighted by atomic mass is 19.4. The average Bonchev–Trinajstić information content (AvgIpc) is 2.70. The predicted molar refractivity (Wildman–Crippen MR) is 98.7 cm³/mol. The molecule has 7 heteroatoms. The van der Waals surface area contributed by atoms with Crippen molar-refractivity contribution in [1.82, 2.24) is 4.98 Å². The van der Waals surface area contributed by atoms with E-state index in [9.17, 15) is 18.4 Å². The molecule has 3 rings (SSSR count). The fourth-order valence-electron chi connectivity index (χ4n) is 2.79. The van der Waals surface area contributed by atoms with Crippen molar-refractivity contribution in [2.24, 2.45) is 5.16 Å². The molecule has 28 heavy (non-hydrogen) atoms. The third-order valence-corrected chi connectivity index (χ3v) is 4.13. The fourth-order valence-corrected chi connectivity index (χ4v) is 2.79. The Morgan fingerprint density at radius 3 is 2.46 bits per heavy atom. The summed E-state index contributed by atoms with van der Waals surface area (Å²) in [7, 11) is 0. The van der Waals surface area contributed by atoms with Gasteiger partial charge in [0.25, 0.3) is 0 Å². The van der Waals surface area contributed by atoms with Crippen LogP contribution in [0.15, 0.2) is 78.2 Å². The van der Waals surface area contributed by atoms with E-state index in [1.807, 2.05) is 24.3 Å². The third-order valence-electron chi connectivity index (χ3n) is 4.13. The number of oxime groups is 1. The Labute approximate surface area is 159 Å². The molecule has 1 heterocycles. The van der Waals surface area contributed by atoms with E-state index >= 15 is 0 Å². The van der Waals surface area contributed by atoms with Gasteiger partial charge in [0.1, 0.15) is 11.5 Å². The largest absolute Gasteiger partial charge is 0.493 e. The van der Waals surface area contributed by atoms with Gasteiger partial charge in [-0.25, -0.2) is 0 Å². The Hall–Kier alpha value is -3.35. The molecule has 0 bridgehead atoms. The predicted octanol–water partition coefficient (Wildman–Crippen LogP) is 4.95. The molecule has 0 spiro atoms. The zero-order valence-corrected chi connectivity index (χ0v) is 14.7. The number of halogens is 3. The van der Waals surface area contributed by atoms with E-state index < -0.39 is 11.7 Å². The molecule has 0 saturated carbocycles. The monoisotopic (exact) mass is 386 g/mol. The highest BCUT2D eigenvalue weighted by molar-refractivity contribution is 6.13. The first-order chi connectivity index (χ1) is 13.5. The van der Waals surface area contributed by atoms with E-state index in [-0.39, 0.29) is 12.4 Å². The van der Waals surface area contributed by atoms with Crippen molar-refractivity contribution in [2.75, 3.05) is 6.61 Å². The molecule has 3 aromatic rings. The van der Waals surface area contributed by atoms with Crippen LogP contribution in [0.1, 0.15) is 22.3 Å². The van der Waals surface area contributed by atoms with Crippen molar-refractivity contribution < 1.29 is 23.1 Å². The van der Waals surface area contributed by atoms with E-state index in [1.165, 1.54) is 12.1 Å². The van der Waals surface area contributed by atoms with Gasteiger partial charge in [-0.3, -0.25) is 4.98 Å². The van der Waals surface area contributed by atoms with Crippen LogP contribution < -0.4 is 4.74 Å². The lowest BCUT2D eigenvalue weighted by Gasteiger charge is -2.13. The maximum atomic E-state index is 12.8. The molecule has 0 aliphatic heterocycles. The lowest BCUT2D eigenvalue weighted by atomic mass is 9.96. The van der Waals surface area contributed by atoms with Gasteiger partial charge in [-0.2, -0.15) is 13.2 Å². The van der Waals surface area contributed by atoms with Gasteiger partial charge in [-0.1, -0.05) is 35.5 Å². The van der Waals surface area contributed by atoms with Gasteiger partial charge >= 0.3 is 6.18 Å². The summed E-state index contributed by atoms with van der Waals surface area (Å²) in [6.45, 7) is 0.174. The molecular formula is C21H17F3N2O2. The number of pyridine rings is 1. The molecule has 0 atom stereocenters. The Morgan fingerprint density at radius 1 is 1.00 bits per heavy atom. The molecular weight excluding hydrogens is 369 g/mol. The fraction of sp³-hybridized carbons (Fsp3) is 0.143. The molecule has 0 aliphatic carbocycles. The Balaban J connectivity index is 1.74. The summed E-state index contributed by atoms with van der Waals surface area (Å²) in [5.74, 6) is 0.150. The Kier molecular flexibility index (Phi) is 5.93. The van der Waals surface area contributed by atoms with Gasteiger partial charge in [0.2, 0.25) is 0 Å². The zero-order valence-electron chi connectivity index (χ0n) is 14.7. The second-order valence-corrected chi connectivity index (χ2v) is 5.97. The van der Waals surface area contributed by atoms with Gasteiger partial charge < -0.3 is 9.94 Å².